The molecule has 108 valence electrons. The maximum absolute atomic E-state index is 13.6. The zero-order valence-electron chi connectivity index (χ0n) is 11.3. The fraction of sp³-hybridized carbons (Fsp3) is 0.125. The van der Waals surface area contributed by atoms with Gasteiger partial charge in [-0.3, -0.25) is 4.79 Å². The first kappa shape index (κ1) is 14.7. The number of amides is 1. The highest BCUT2D eigenvalue weighted by Gasteiger charge is 2.37. The lowest BCUT2D eigenvalue weighted by molar-refractivity contribution is -0.144. The minimum atomic E-state index is -1.64. The van der Waals surface area contributed by atoms with Crippen molar-refractivity contribution in [3.05, 3.63) is 71.5 Å². The van der Waals surface area contributed by atoms with E-state index in [4.69, 9.17) is 0 Å². The first-order chi connectivity index (χ1) is 9.95. The molecule has 0 saturated carbocycles. The number of aliphatic carboxylic acids is 1. The van der Waals surface area contributed by atoms with E-state index in [-0.39, 0.29) is 5.56 Å². The van der Waals surface area contributed by atoms with Crippen LogP contribution >= 0.6 is 0 Å². The van der Waals surface area contributed by atoms with Crippen molar-refractivity contribution in [2.75, 3.05) is 0 Å². The molecule has 2 N–H and O–H groups in total. The van der Waals surface area contributed by atoms with E-state index >= 15 is 0 Å². The van der Waals surface area contributed by atoms with E-state index in [1.165, 1.54) is 25.1 Å². The Morgan fingerprint density at radius 2 is 1.62 bits per heavy atom. The molecule has 0 fully saturated rings. The number of halogens is 1. The summed E-state index contributed by atoms with van der Waals surface area (Å²) >= 11 is 0. The molecule has 0 aliphatic carbocycles. The summed E-state index contributed by atoms with van der Waals surface area (Å²) < 4.78 is 13.6. The molecule has 0 heterocycles. The van der Waals surface area contributed by atoms with Crippen molar-refractivity contribution in [1.82, 2.24) is 5.32 Å². The van der Waals surface area contributed by atoms with Gasteiger partial charge in [0.25, 0.3) is 5.91 Å². The Kier molecular flexibility index (Phi) is 4.03. The van der Waals surface area contributed by atoms with Gasteiger partial charge in [-0.1, -0.05) is 42.5 Å². The van der Waals surface area contributed by atoms with Crippen LogP contribution in [0.4, 0.5) is 4.39 Å². The Bertz CT molecular complexity index is 672. The lowest BCUT2D eigenvalue weighted by atomic mass is 9.91. The molecule has 0 radical (unpaired) electrons. The number of carboxylic acid groups (broad SMARTS) is 1. The van der Waals surface area contributed by atoms with E-state index in [1.807, 2.05) is 0 Å². The van der Waals surface area contributed by atoms with Crippen LogP contribution < -0.4 is 5.32 Å². The Morgan fingerprint density at radius 3 is 2.19 bits per heavy atom. The number of hydrogen-bond acceptors (Lipinski definition) is 2. The fourth-order valence-electron chi connectivity index (χ4n) is 1.96. The van der Waals surface area contributed by atoms with Gasteiger partial charge in [0.1, 0.15) is 5.82 Å². The second-order valence-corrected chi connectivity index (χ2v) is 4.73. The topological polar surface area (TPSA) is 66.4 Å². The van der Waals surface area contributed by atoms with E-state index in [0.717, 1.165) is 6.07 Å². The predicted octanol–water partition coefficient (Wildman–Crippen LogP) is 2.56. The van der Waals surface area contributed by atoms with Crippen LogP contribution in [-0.4, -0.2) is 17.0 Å². The normalized spacial score (nSPS) is 13.2. The zero-order valence-corrected chi connectivity index (χ0v) is 11.3. The molecular weight excluding hydrogens is 273 g/mol. The van der Waals surface area contributed by atoms with Gasteiger partial charge in [0.05, 0.1) is 5.56 Å². The standard InChI is InChI=1S/C16H14FNO3/c1-16(15(20)21,11-7-3-2-4-8-11)18-14(19)12-9-5-6-10-13(12)17/h2-10H,1H3,(H,18,19)(H,20,21). The molecule has 1 atom stereocenters. The molecule has 5 heteroatoms. The number of carbonyl (C=O) groups excluding carboxylic acids is 1. The van der Waals surface area contributed by atoms with Crippen molar-refractivity contribution in [2.24, 2.45) is 0 Å². The molecule has 2 rings (SSSR count). The summed E-state index contributed by atoms with van der Waals surface area (Å²) in [4.78, 5) is 23.7. The Balaban J connectivity index is 2.36. The highest BCUT2D eigenvalue weighted by molar-refractivity contribution is 5.98. The minimum absolute atomic E-state index is 0.194. The summed E-state index contributed by atoms with van der Waals surface area (Å²) in [6.07, 6.45) is 0. The van der Waals surface area contributed by atoms with Crippen LogP contribution in [0.15, 0.2) is 54.6 Å². The van der Waals surface area contributed by atoms with Crippen LogP contribution in [-0.2, 0) is 10.3 Å². The Labute approximate surface area is 121 Å². The number of hydrogen-bond donors (Lipinski definition) is 2. The summed E-state index contributed by atoms with van der Waals surface area (Å²) in [6.45, 7) is 1.36. The zero-order chi connectivity index (χ0) is 15.5. The third-order valence-electron chi connectivity index (χ3n) is 3.26. The van der Waals surface area contributed by atoms with Gasteiger partial charge in [-0.15, -0.1) is 0 Å². The van der Waals surface area contributed by atoms with Gasteiger partial charge in [-0.25, -0.2) is 9.18 Å². The van der Waals surface area contributed by atoms with Gasteiger partial charge in [-0.2, -0.15) is 0 Å². The van der Waals surface area contributed by atoms with E-state index in [2.05, 4.69) is 5.32 Å². The summed E-state index contributed by atoms with van der Waals surface area (Å²) in [6, 6.07) is 13.7. The van der Waals surface area contributed by atoms with Crippen molar-refractivity contribution < 1.29 is 19.1 Å². The van der Waals surface area contributed by atoms with Crippen LogP contribution in [0.1, 0.15) is 22.8 Å². The van der Waals surface area contributed by atoms with Crippen molar-refractivity contribution >= 4 is 11.9 Å². The molecule has 4 nitrogen and oxygen atoms in total. The van der Waals surface area contributed by atoms with Gasteiger partial charge in [-0.05, 0) is 24.6 Å². The minimum Gasteiger partial charge on any atom is -0.479 e. The Morgan fingerprint density at radius 1 is 1.05 bits per heavy atom. The number of benzene rings is 2. The molecule has 1 unspecified atom stereocenters. The number of carbonyl (C=O) groups is 2. The monoisotopic (exact) mass is 287 g/mol. The molecule has 0 aromatic heterocycles. The molecule has 0 bridgehead atoms. The SMILES string of the molecule is CC(NC(=O)c1ccccc1F)(C(=O)O)c1ccccc1. The second kappa shape index (κ2) is 5.75. The van der Waals surface area contributed by atoms with E-state index in [9.17, 15) is 19.1 Å². The summed E-state index contributed by atoms with van der Waals surface area (Å²) in [7, 11) is 0. The van der Waals surface area contributed by atoms with E-state index in [1.54, 1.807) is 30.3 Å². The van der Waals surface area contributed by atoms with Gasteiger partial charge in [0.2, 0.25) is 0 Å². The molecule has 21 heavy (non-hydrogen) atoms. The smallest absolute Gasteiger partial charge is 0.333 e. The van der Waals surface area contributed by atoms with Crippen molar-refractivity contribution in [3.8, 4) is 0 Å². The highest BCUT2D eigenvalue weighted by atomic mass is 19.1. The number of carboxylic acids is 1. The van der Waals surface area contributed by atoms with Crippen molar-refractivity contribution in [1.29, 1.82) is 0 Å². The Hall–Kier alpha value is -2.69. The summed E-state index contributed by atoms with van der Waals surface area (Å²) in [5.74, 6) is -2.70. The maximum Gasteiger partial charge on any atom is 0.333 e. The molecule has 0 spiro atoms. The molecule has 2 aromatic carbocycles. The predicted molar refractivity (Wildman–Crippen MR) is 75.3 cm³/mol. The average Bonchev–Trinajstić information content (AvgIpc) is 2.48. The summed E-state index contributed by atoms with van der Waals surface area (Å²) in [5.41, 5.74) is -1.43. The molecule has 0 aliphatic heterocycles. The largest absolute Gasteiger partial charge is 0.479 e. The first-order valence-corrected chi connectivity index (χ1v) is 6.31. The molecule has 1 amide bonds. The van der Waals surface area contributed by atoms with Gasteiger partial charge in [0.15, 0.2) is 5.54 Å². The third kappa shape index (κ3) is 2.91. The average molecular weight is 287 g/mol. The fourth-order valence-corrected chi connectivity index (χ4v) is 1.96. The van der Waals surface area contributed by atoms with Crippen LogP contribution in [0.25, 0.3) is 0 Å². The van der Waals surface area contributed by atoms with Crippen molar-refractivity contribution in [2.45, 2.75) is 12.5 Å². The lowest BCUT2D eigenvalue weighted by Crippen LogP contribution is -2.49. The van der Waals surface area contributed by atoms with Crippen LogP contribution in [0.3, 0.4) is 0 Å². The third-order valence-corrected chi connectivity index (χ3v) is 3.26. The second-order valence-electron chi connectivity index (χ2n) is 4.73. The van der Waals surface area contributed by atoms with Gasteiger partial charge >= 0.3 is 5.97 Å². The van der Waals surface area contributed by atoms with E-state index < -0.39 is 23.2 Å². The quantitative estimate of drug-likeness (QED) is 0.908. The molecule has 2 aromatic rings. The lowest BCUT2D eigenvalue weighted by Gasteiger charge is -2.26. The van der Waals surface area contributed by atoms with Gasteiger partial charge < -0.3 is 10.4 Å². The van der Waals surface area contributed by atoms with Crippen LogP contribution in [0.5, 0.6) is 0 Å². The number of rotatable bonds is 4. The first-order valence-electron chi connectivity index (χ1n) is 6.31. The molecule has 0 aliphatic rings. The summed E-state index contributed by atoms with van der Waals surface area (Å²) in [5, 5.41) is 11.8. The van der Waals surface area contributed by atoms with Crippen LogP contribution in [0, 0.1) is 5.82 Å². The van der Waals surface area contributed by atoms with Gasteiger partial charge in [0, 0.05) is 0 Å². The number of nitrogens with one attached hydrogen (secondary N) is 1. The highest BCUT2D eigenvalue weighted by Crippen LogP contribution is 2.22. The maximum atomic E-state index is 13.6. The van der Waals surface area contributed by atoms with Crippen LogP contribution in [0.2, 0.25) is 0 Å². The molecular formula is C16H14FNO3. The van der Waals surface area contributed by atoms with Crippen molar-refractivity contribution in [3.63, 3.8) is 0 Å². The molecule has 0 saturated heterocycles. The van der Waals surface area contributed by atoms with E-state index in [0.29, 0.717) is 5.56 Å².